The molecule has 3 rings (SSSR count). The summed E-state index contributed by atoms with van der Waals surface area (Å²) in [5.41, 5.74) is -0.588. The van der Waals surface area contributed by atoms with Gasteiger partial charge in [-0.15, -0.1) is 13.2 Å². The van der Waals surface area contributed by atoms with Crippen LogP contribution < -0.4 is 15.0 Å². The van der Waals surface area contributed by atoms with Gasteiger partial charge in [0.05, 0.1) is 12.0 Å². The maximum Gasteiger partial charge on any atom is 0.573 e. The highest BCUT2D eigenvalue weighted by atomic mass is 19.4. The highest BCUT2D eigenvalue weighted by Gasteiger charge is 2.35. The molecule has 1 aliphatic rings. The molecule has 2 aromatic carbocycles. The Morgan fingerprint density at radius 1 is 1.06 bits per heavy atom. The summed E-state index contributed by atoms with van der Waals surface area (Å²) in [7, 11) is 0. The SMILES string of the molecule is O=C(Cc1cccc(C(F)(F)F)c1)NC1CCN(c2cccc(OC(F)(F)F)c2)C1=O. The minimum absolute atomic E-state index is 0.131. The van der Waals surface area contributed by atoms with Crippen molar-refractivity contribution in [2.45, 2.75) is 31.4 Å². The highest BCUT2D eigenvalue weighted by molar-refractivity contribution is 6.01. The molecular weight excluding hydrogens is 430 g/mol. The number of alkyl halides is 6. The molecule has 1 N–H and O–H groups in total. The third-order valence-electron chi connectivity index (χ3n) is 4.52. The van der Waals surface area contributed by atoms with Gasteiger partial charge in [0.2, 0.25) is 11.8 Å². The zero-order chi connectivity index (χ0) is 22.8. The van der Waals surface area contributed by atoms with Gasteiger partial charge in [-0.25, -0.2) is 0 Å². The quantitative estimate of drug-likeness (QED) is 0.705. The number of carbonyl (C=O) groups is 2. The van der Waals surface area contributed by atoms with Crippen LogP contribution in [0, 0.1) is 0 Å². The largest absolute Gasteiger partial charge is 0.573 e. The van der Waals surface area contributed by atoms with Crippen molar-refractivity contribution in [2.24, 2.45) is 0 Å². The molecule has 11 heteroatoms. The van der Waals surface area contributed by atoms with Gasteiger partial charge in [0.25, 0.3) is 0 Å². The number of hydrogen-bond acceptors (Lipinski definition) is 3. The summed E-state index contributed by atoms with van der Waals surface area (Å²) in [6.45, 7) is 0.142. The Bertz CT molecular complexity index is 974. The van der Waals surface area contributed by atoms with E-state index in [1.807, 2.05) is 0 Å². The Kier molecular flexibility index (Phi) is 6.14. The van der Waals surface area contributed by atoms with E-state index in [0.29, 0.717) is 0 Å². The van der Waals surface area contributed by atoms with E-state index < -0.39 is 41.7 Å². The number of rotatable bonds is 5. The number of nitrogens with zero attached hydrogens (tertiary/aromatic N) is 1. The second kappa shape index (κ2) is 8.48. The lowest BCUT2D eigenvalue weighted by molar-refractivity contribution is -0.274. The summed E-state index contributed by atoms with van der Waals surface area (Å²) in [5.74, 6) is -1.68. The van der Waals surface area contributed by atoms with E-state index in [2.05, 4.69) is 10.1 Å². The highest BCUT2D eigenvalue weighted by Crippen LogP contribution is 2.30. The lowest BCUT2D eigenvalue weighted by atomic mass is 10.1. The number of benzene rings is 2. The molecule has 1 heterocycles. The number of carbonyl (C=O) groups excluding carboxylic acids is 2. The first-order chi connectivity index (χ1) is 14.4. The van der Waals surface area contributed by atoms with Crippen molar-refractivity contribution in [3.8, 4) is 5.75 Å². The molecule has 0 radical (unpaired) electrons. The molecule has 1 fully saturated rings. The van der Waals surface area contributed by atoms with Gasteiger partial charge in [0.1, 0.15) is 11.8 Å². The van der Waals surface area contributed by atoms with Crippen molar-refractivity contribution < 1.29 is 40.7 Å². The molecule has 5 nitrogen and oxygen atoms in total. The number of ether oxygens (including phenoxy) is 1. The zero-order valence-electron chi connectivity index (χ0n) is 15.8. The molecule has 0 aliphatic carbocycles. The number of halogens is 6. The fourth-order valence-corrected chi connectivity index (χ4v) is 3.21. The molecular formula is C20H16F6N2O3. The predicted molar refractivity (Wildman–Crippen MR) is 97.2 cm³/mol. The third-order valence-corrected chi connectivity index (χ3v) is 4.52. The fraction of sp³-hybridized carbons (Fsp3) is 0.300. The average molecular weight is 446 g/mol. The van der Waals surface area contributed by atoms with Crippen LogP contribution in [0.2, 0.25) is 0 Å². The van der Waals surface area contributed by atoms with Gasteiger partial charge < -0.3 is 15.0 Å². The lowest BCUT2D eigenvalue weighted by Crippen LogP contribution is -2.42. The van der Waals surface area contributed by atoms with Crippen LogP contribution >= 0.6 is 0 Å². The van der Waals surface area contributed by atoms with Crippen LogP contribution in [0.4, 0.5) is 32.0 Å². The Labute approximate surface area is 172 Å². The minimum Gasteiger partial charge on any atom is -0.406 e. The molecule has 31 heavy (non-hydrogen) atoms. The first-order valence-corrected chi connectivity index (χ1v) is 9.05. The molecule has 0 bridgehead atoms. The summed E-state index contributed by atoms with van der Waals surface area (Å²) < 4.78 is 79.4. The van der Waals surface area contributed by atoms with E-state index in [1.165, 1.54) is 29.2 Å². The first kappa shape index (κ1) is 22.4. The molecule has 1 atom stereocenters. The summed E-state index contributed by atoms with van der Waals surface area (Å²) >= 11 is 0. The average Bonchev–Trinajstić information content (AvgIpc) is 3.00. The van der Waals surface area contributed by atoms with Crippen molar-refractivity contribution in [1.29, 1.82) is 0 Å². The van der Waals surface area contributed by atoms with E-state index in [4.69, 9.17) is 0 Å². The van der Waals surface area contributed by atoms with Crippen LogP contribution in [0.1, 0.15) is 17.5 Å². The van der Waals surface area contributed by atoms with E-state index in [9.17, 15) is 35.9 Å². The Hall–Kier alpha value is -3.24. The molecule has 166 valence electrons. The van der Waals surface area contributed by atoms with Crippen LogP contribution in [0.25, 0.3) is 0 Å². The van der Waals surface area contributed by atoms with Gasteiger partial charge >= 0.3 is 12.5 Å². The van der Waals surface area contributed by atoms with Crippen molar-refractivity contribution in [1.82, 2.24) is 5.32 Å². The molecule has 0 aromatic heterocycles. The molecule has 1 saturated heterocycles. The summed E-state index contributed by atoms with van der Waals surface area (Å²) in [4.78, 5) is 26.0. The van der Waals surface area contributed by atoms with Crippen LogP contribution in [-0.2, 0) is 22.2 Å². The normalized spacial score (nSPS) is 17.0. The van der Waals surface area contributed by atoms with Gasteiger partial charge in [-0.05, 0) is 30.2 Å². The monoisotopic (exact) mass is 446 g/mol. The lowest BCUT2D eigenvalue weighted by Gasteiger charge is -2.18. The van der Waals surface area contributed by atoms with Crippen LogP contribution in [0.5, 0.6) is 5.75 Å². The maximum absolute atomic E-state index is 12.8. The van der Waals surface area contributed by atoms with Gasteiger partial charge in [0.15, 0.2) is 0 Å². The molecule has 2 aromatic rings. The minimum atomic E-state index is -4.88. The number of amides is 2. The predicted octanol–water partition coefficient (Wildman–Crippen LogP) is 4.07. The second-order valence-corrected chi connectivity index (χ2v) is 6.82. The summed E-state index contributed by atoms with van der Waals surface area (Å²) in [6.07, 6.45) is -9.59. The van der Waals surface area contributed by atoms with Crippen molar-refractivity contribution in [3.63, 3.8) is 0 Å². The molecule has 1 unspecified atom stereocenters. The number of hydrogen-bond donors (Lipinski definition) is 1. The molecule has 2 amide bonds. The van der Waals surface area contributed by atoms with E-state index in [0.717, 1.165) is 24.3 Å². The Morgan fingerprint density at radius 2 is 1.77 bits per heavy atom. The van der Waals surface area contributed by atoms with E-state index >= 15 is 0 Å². The number of anilines is 1. The van der Waals surface area contributed by atoms with Crippen molar-refractivity contribution in [2.75, 3.05) is 11.4 Å². The third kappa shape index (κ3) is 5.89. The van der Waals surface area contributed by atoms with Crippen LogP contribution in [0.15, 0.2) is 48.5 Å². The summed E-state index contributed by atoms with van der Waals surface area (Å²) in [6, 6.07) is 8.21. The molecule has 0 saturated carbocycles. The Morgan fingerprint density at radius 3 is 2.45 bits per heavy atom. The van der Waals surface area contributed by atoms with Gasteiger partial charge in [-0.2, -0.15) is 13.2 Å². The smallest absolute Gasteiger partial charge is 0.406 e. The fourth-order valence-electron chi connectivity index (χ4n) is 3.21. The zero-order valence-corrected chi connectivity index (χ0v) is 15.8. The second-order valence-electron chi connectivity index (χ2n) is 6.82. The first-order valence-electron chi connectivity index (χ1n) is 9.05. The van der Waals surface area contributed by atoms with Gasteiger partial charge in [-0.1, -0.05) is 24.3 Å². The van der Waals surface area contributed by atoms with Crippen molar-refractivity contribution >= 4 is 17.5 Å². The maximum atomic E-state index is 12.8. The Balaban J connectivity index is 1.63. The van der Waals surface area contributed by atoms with Crippen LogP contribution in [0.3, 0.4) is 0 Å². The van der Waals surface area contributed by atoms with Crippen molar-refractivity contribution in [3.05, 3.63) is 59.7 Å². The molecule has 0 spiro atoms. The summed E-state index contributed by atoms with van der Waals surface area (Å²) in [5, 5.41) is 2.47. The number of nitrogens with one attached hydrogen (secondary N) is 1. The van der Waals surface area contributed by atoms with Gasteiger partial charge in [0, 0.05) is 18.3 Å². The topological polar surface area (TPSA) is 58.6 Å². The molecule has 1 aliphatic heterocycles. The standard InChI is InChI=1S/C20H16F6N2O3/c21-19(22,23)13-4-1-3-12(9-13)10-17(29)27-16-7-8-28(18(16)30)14-5-2-6-15(11-14)31-20(24,25)26/h1-6,9,11,16H,7-8,10H2,(H,27,29). The van der Waals surface area contributed by atoms with Crippen LogP contribution in [-0.4, -0.2) is 30.8 Å². The van der Waals surface area contributed by atoms with E-state index in [1.54, 1.807) is 0 Å². The van der Waals surface area contributed by atoms with E-state index in [-0.39, 0.29) is 30.6 Å². The van der Waals surface area contributed by atoms with Gasteiger partial charge in [-0.3, -0.25) is 9.59 Å².